The first-order chi connectivity index (χ1) is 7.56. The molecule has 0 unspecified atom stereocenters. The third kappa shape index (κ3) is 3.21. The average molecular weight is 233 g/mol. The molecule has 5 nitrogen and oxygen atoms in total. The van der Waals surface area contributed by atoms with Crippen molar-refractivity contribution in [3.8, 4) is 0 Å². The number of nitrogens with one attached hydrogen (secondary N) is 1. The predicted molar refractivity (Wildman–Crippen MR) is 56.3 cm³/mol. The fraction of sp³-hybridized carbons (Fsp3) is 0.778. The molecule has 92 valence electrons. The lowest BCUT2D eigenvalue weighted by Crippen LogP contribution is -2.20. The molecular formula is C9H17F2N5. The van der Waals surface area contributed by atoms with Crippen molar-refractivity contribution in [2.75, 3.05) is 27.7 Å². The Morgan fingerprint density at radius 3 is 2.62 bits per heavy atom. The van der Waals surface area contributed by atoms with Crippen LogP contribution in [0.5, 0.6) is 0 Å². The van der Waals surface area contributed by atoms with Crippen LogP contribution in [0.4, 0.5) is 8.78 Å². The summed E-state index contributed by atoms with van der Waals surface area (Å²) < 4.78 is 26.9. The van der Waals surface area contributed by atoms with E-state index in [9.17, 15) is 8.78 Å². The molecule has 0 aliphatic heterocycles. The first-order valence-electron chi connectivity index (χ1n) is 5.06. The zero-order valence-electron chi connectivity index (χ0n) is 9.74. The summed E-state index contributed by atoms with van der Waals surface area (Å²) in [6, 6.07) is 0. The van der Waals surface area contributed by atoms with E-state index >= 15 is 0 Å². The second-order valence-electron chi connectivity index (χ2n) is 3.78. The molecule has 0 radical (unpaired) electrons. The van der Waals surface area contributed by atoms with Gasteiger partial charge in [0.1, 0.15) is 11.4 Å². The summed E-state index contributed by atoms with van der Waals surface area (Å²) in [6.45, 7) is 1.38. The predicted octanol–water partition coefficient (Wildman–Crippen LogP) is 0.497. The first kappa shape index (κ1) is 13.0. The summed E-state index contributed by atoms with van der Waals surface area (Å²) in [4.78, 5) is 1.91. The van der Waals surface area contributed by atoms with Crippen LogP contribution in [0.15, 0.2) is 0 Å². The Kier molecular flexibility index (Phi) is 4.75. The van der Waals surface area contributed by atoms with Gasteiger partial charge in [0.15, 0.2) is 0 Å². The largest absolute Gasteiger partial charge is 0.314 e. The number of nitrogens with zero attached hydrogens (tertiary/aromatic N) is 4. The minimum Gasteiger partial charge on any atom is -0.314 e. The van der Waals surface area contributed by atoms with Crippen molar-refractivity contribution in [3.05, 3.63) is 11.4 Å². The van der Waals surface area contributed by atoms with Gasteiger partial charge in [-0.25, -0.2) is 13.5 Å². The molecule has 0 atom stereocenters. The fourth-order valence-corrected chi connectivity index (χ4v) is 1.35. The lowest BCUT2D eigenvalue weighted by molar-refractivity contribution is 0.136. The van der Waals surface area contributed by atoms with Gasteiger partial charge in [-0.2, -0.15) is 0 Å². The Morgan fingerprint density at radius 2 is 2.12 bits per heavy atom. The molecule has 1 N–H and O–H groups in total. The maximum Gasteiger partial charge on any atom is 0.281 e. The normalized spacial score (nSPS) is 11.7. The van der Waals surface area contributed by atoms with Gasteiger partial charge in [-0.1, -0.05) is 5.21 Å². The summed E-state index contributed by atoms with van der Waals surface area (Å²) in [7, 11) is 5.45. The Balaban J connectivity index is 2.82. The highest BCUT2D eigenvalue weighted by atomic mass is 19.3. The lowest BCUT2D eigenvalue weighted by Gasteiger charge is -2.11. The highest BCUT2D eigenvalue weighted by Crippen LogP contribution is 2.21. The van der Waals surface area contributed by atoms with Crippen molar-refractivity contribution in [2.45, 2.75) is 19.5 Å². The second-order valence-corrected chi connectivity index (χ2v) is 3.78. The summed E-state index contributed by atoms with van der Waals surface area (Å²) >= 11 is 0. The van der Waals surface area contributed by atoms with Crippen LogP contribution in [0.25, 0.3) is 0 Å². The van der Waals surface area contributed by atoms with Crippen molar-refractivity contribution in [3.63, 3.8) is 0 Å². The molecule has 0 saturated heterocycles. The van der Waals surface area contributed by atoms with Crippen LogP contribution in [0, 0.1) is 0 Å². The lowest BCUT2D eigenvalue weighted by atomic mass is 10.3. The molecule has 0 fully saturated rings. The maximum absolute atomic E-state index is 12.8. The van der Waals surface area contributed by atoms with E-state index in [1.807, 2.05) is 19.0 Å². The van der Waals surface area contributed by atoms with E-state index in [0.717, 1.165) is 0 Å². The van der Waals surface area contributed by atoms with Gasteiger partial charge in [-0.15, -0.1) is 5.10 Å². The van der Waals surface area contributed by atoms with E-state index in [-0.39, 0.29) is 5.69 Å². The number of aromatic nitrogens is 3. The van der Waals surface area contributed by atoms with Gasteiger partial charge in [0, 0.05) is 13.1 Å². The van der Waals surface area contributed by atoms with E-state index in [1.165, 1.54) is 4.68 Å². The molecule has 7 heteroatoms. The zero-order valence-corrected chi connectivity index (χ0v) is 9.74. The van der Waals surface area contributed by atoms with Crippen molar-refractivity contribution in [2.24, 2.45) is 0 Å². The van der Waals surface area contributed by atoms with Gasteiger partial charge in [0.25, 0.3) is 6.43 Å². The average Bonchev–Trinajstić information content (AvgIpc) is 2.58. The standard InChI is InChI=1S/C9H17F2N5/c1-12-6-7-8(9(10)11)16(14-13-7)5-4-15(2)3/h9,12H,4-6H2,1-3H3. The number of rotatable bonds is 6. The number of alkyl halides is 2. The van der Waals surface area contributed by atoms with Crippen LogP contribution < -0.4 is 5.32 Å². The summed E-state index contributed by atoms with van der Waals surface area (Å²) in [6.07, 6.45) is -2.54. The van der Waals surface area contributed by atoms with Crippen LogP contribution in [-0.4, -0.2) is 47.6 Å². The summed E-state index contributed by atoms with van der Waals surface area (Å²) in [5.41, 5.74) is 0.229. The van der Waals surface area contributed by atoms with E-state index in [2.05, 4.69) is 15.6 Å². The molecule has 1 rings (SSSR count). The number of halogens is 2. The van der Waals surface area contributed by atoms with Crippen molar-refractivity contribution >= 4 is 0 Å². The molecule has 0 aromatic carbocycles. The molecule has 16 heavy (non-hydrogen) atoms. The van der Waals surface area contributed by atoms with Gasteiger partial charge < -0.3 is 10.2 Å². The minimum absolute atomic E-state index is 0.0869. The Hall–Kier alpha value is -1.08. The monoisotopic (exact) mass is 233 g/mol. The van der Waals surface area contributed by atoms with Gasteiger partial charge in [0.2, 0.25) is 0 Å². The number of likely N-dealkylation sites (N-methyl/N-ethyl adjacent to an activating group) is 1. The van der Waals surface area contributed by atoms with E-state index in [0.29, 0.717) is 25.3 Å². The Bertz CT molecular complexity index is 324. The van der Waals surface area contributed by atoms with E-state index < -0.39 is 6.43 Å². The third-order valence-electron chi connectivity index (χ3n) is 2.16. The third-order valence-corrected chi connectivity index (χ3v) is 2.16. The summed E-state index contributed by atoms with van der Waals surface area (Å²) in [5, 5.41) is 10.3. The number of hydrogen-bond acceptors (Lipinski definition) is 4. The SMILES string of the molecule is CNCc1nnn(CCN(C)C)c1C(F)F. The van der Waals surface area contributed by atoms with Crippen LogP contribution in [0.3, 0.4) is 0 Å². The molecule has 1 aromatic rings. The highest BCUT2D eigenvalue weighted by molar-refractivity contribution is 5.11. The molecule has 0 saturated carbocycles. The topological polar surface area (TPSA) is 46.0 Å². The van der Waals surface area contributed by atoms with Crippen LogP contribution >= 0.6 is 0 Å². The first-order valence-corrected chi connectivity index (χ1v) is 5.06. The molecule has 0 amide bonds. The van der Waals surface area contributed by atoms with Gasteiger partial charge in [-0.05, 0) is 21.1 Å². The van der Waals surface area contributed by atoms with Gasteiger partial charge >= 0.3 is 0 Å². The zero-order chi connectivity index (χ0) is 12.1. The van der Waals surface area contributed by atoms with Crippen molar-refractivity contribution < 1.29 is 8.78 Å². The number of hydrogen-bond donors (Lipinski definition) is 1. The van der Waals surface area contributed by atoms with Gasteiger partial charge in [-0.3, -0.25) is 0 Å². The highest BCUT2D eigenvalue weighted by Gasteiger charge is 2.20. The Morgan fingerprint density at radius 1 is 1.44 bits per heavy atom. The quantitative estimate of drug-likeness (QED) is 0.777. The Labute approximate surface area is 93.4 Å². The molecule has 0 aliphatic carbocycles. The van der Waals surface area contributed by atoms with E-state index in [4.69, 9.17) is 0 Å². The molecule has 1 aromatic heterocycles. The fourth-order valence-electron chi connectivity index (χ4n) is 1.35. The van der Waals surface area contributed by atoms with Gasteiger partial charge in [0.05, 0.1) is 6.54 Å². The molecular weight excluding hydrogens is 216 g/mol. The molecule has 1 heterocycles. The summed E-state index contributed by atoms with van der Waals surface area (Å²) in [5.74, 6) is 0. The van der Waals surface area contributed by atoms with Crippen LogP contribution in [-0.2, 0) is 13.1 Å². The molecule has 0 aliphatic rings. The smallest absolute Gasteiger partial charge is 0.281 e. The molecule has 0 spiro atoms. The maximum atomic E-state index is 12.8. The van der Waals surface area contributed by atoms with Crippen LogP contribution in [0.2, 0.25) is 0 Å². The van der Waals surface area contributed by atoms with E-state index in [1.54, 1.807) is 7.05 Å². The second kappa shape index (κ2) is 5.86. The van der Waals surface area contributed by atoms with Crippen molar-refractivity contribution in [1.82, 2.24) is 25.2 Å². The van der Waals surface area contributed by atoms with Crippen molar-refractivity contribution in [1.29, 1.82) is 0 Å². The van der Waals surface area contributed by atoms with Crippen LogP contribution in [0.1, 0.15) is 17.8 Å². The minimum atomic E-state index is -2.54. The molecule has 0 bridgehead atoms.